The molecule has 0 aliphatic heterocycles. The molecule has 0 heterocycles. The summed E-state index contributed by atoms with van der Waals surface area (Å²) in [6.45, 7) is 5.26. The first-order valence-electron chi connectivity index (χ1n) is 7.69. The van der Waals surface area contributed by atoms with Gasteiger partial charge < -0.3 is 10.6 Å². The maximum atomic E-state index is 10.7. The molecule has 2 aromatic rings. The molecule has 6 nitrogen and oxygen atoms in total. The van der Waals surface area contributed by atoms with Crippen molar-refractivity contribution in [3.05, 3.63) is 87.4 Å². The number of halogens is 2. The molecule has 0 radical (unpaired) electrons. The lowest BCUT2D eigenvalue weighted by atomic mass is 10.2. The monoisotopic (exact) mass is 486 g/mol. The largest absolute Gasteiger partial charge is 0.353 e. The lowest BCUT2D eigenvalue weighted by molar-refractivity contribution is -0.384. The third-order valence-corrected chi connectivity index (χ3v) is 3.61. The third kappa shape index (κ3) is 7.40. The molecule has 0 saturated carbocycles. The zero-order valence-corrected chi connectivity index (χ0v) is 17.1. The minimum atomic E-state index is -0.415. The lowest BCUT2D eigenvalue weighted by Gasteiger charge is -2.11. The molecule has 0 aliphatic carbocycles. The number of rotatable bonds is 7. The molecule has 8 heteroatoms. The maximum absolute atomic E-state index is 10.7. The molecule has 0 fully saturated rings. The number of non-ortho nitro benzene ring substituents is 1. The van der Waals surface area contributed by atoms with Crippen LogP contribution in [-0.2, 0) is 13.1 Å². The van der Waals surface area contributed by atoms with Crippen LogP contribution >= 0.6 is 35.6 Å². The van der Waals surface area contributed by atoms with Gasteiger partial charge in [0.25, 0.3) is 5.69 Å². The Morgan fingerprint density at radius 2 is 1.73 bits per heavy atom. The Morgan fingerprint density at radius 3 is 2.31 bits per heavy atom. The van der Waals surface area contributed by atoms with Crippen molar-refractivity contribution in [2.45, 2.75) is 13.1 Å². The van der Waals surface area contributed by atoms with Crippen molar-refractivity contribution in [1.82, 2.24) is 10.6 Å². The summed E-state index contributed by atoms with van der Waals surface area (Å²) in [4.78, 5) is 14.8. The fourth-order valence-electron chi connectivity index (χ4n) is 2.02. The van der Waals surface area contributed by atoms with E-state index in [9.17, 15) is 10.1 Å². The van der Waals surface area contributed by atoms with E-state index in [1.54, 1.807) is 18.2 Å². The number of benzene rings is 2. The Balaban J connectivity index is 0.00000338. The van der Waals surface area contributed by atoms with Crippen molar-refractivity contribution < 1.29 is 4.92 Å². The van der Waals surface area contributed by atoms with Crippen molar-refractivity contribution in [2.24, 2.45) is 4.99 Å². The van der Waals surface area contributed by atoms with E-state index in [2.05, 4.69) is 22.2 Å². The van der Waals surface area contributed by atoms with E-state index >= 15 is 0 Å². The van der Waals surface area contributed by atoms with Gasteiger partial charge in [0.15, 0.2) is 5.96 Å². The molecular formula is C18H20ClIN4O2. The van der Waals surface area contributed by atoms with E-state index in [4.69, 9.17) is 11.6 Å². The number of aliphatic imine (C=N–C) groups is 1. The van der Waals surface area contributed by atoms with Gasteiger partial charge in [-0.25, -0.2) is 4.99 Å². The van der Waals surface area contributed by atoms with Crippen LogP contribution in [0.3, 0.4) is 0 Å². The van der Waals surface area contributed by atoms with Crippen LogP contribution in [0.15, 0.2) is 66.2 Å². The van der Waals surface area contributed by atoms with Crippen LogP contribution in [0.2, 0.25) is 5.02 Å². The Kier molecular flexibility index (Phi) is 9.67. The second kappa shape index (κ2) is 11.5. The average molecular weight is 487 g/mol. The predicted octanol–water partition coefficient (Wildman–Crippen LogP) is 4.29. The first-order valence-corrected chi connectivity index (χ1v) is 8.07. The first kappa shape index (κ1) is 21.9. The molecule has 26 heavy (non-hydrogen) atoms. The van der Waals surface area contributed by atoms with Gasteiger partial charge in [-0.1, -0.05) is 41.9 Å². The van der Waals surface area contributed by atoms with Gasteiger partial charge in [0.05, 0.1) is 11.5 Å². The summed E-state index contributed by atoms with van der Waals surface area (Å²) in [5, 5.41) is 17.7. The lowest BCUT2D eigenvalue weighted by Crippen LogP contribution is -2.37. The quantitative estimate of drug-likeness (QED) is 0.153. The van der Waals surface area contributed by atoms with Crippen molar-refractivity contribution in [1.29, 1.82) is 0 Å². The van der Waals surface area contributed by atoms with Gasteiger partial charge in [-0.3, -0.25) is 10.1 Å². The minimum Gasteiger partial charge on any atom is -0.353 e. The molecule has 0 saturated heterocycles. The third-order valence-electron chi connectivity index (χ3n) is 3.35. The zero-order chi connectivity index (χ0) is 18.1. The Labute approximate surface area is 174 Å². The van der Waals surface area contributed by atoms with Crippen LogP contribution in [0.1, 0.15) is 11.1 Å². The van der Waals surface area contributed by atoms with E-state index in [1.807, 2.05) is 24.3 Å². The van der Waals surface area contributed by atoms with Crippen LogP contribution in [0.25, 0.3) is 0 Å². The van der Waals surface area contributed by atoms with Gasteiger partial charge in [0.2, 0.25) is 0 Å². The Bertz CT molecular complexity index is 749. The summed E-state index contributed by atoms with van der Waals surface area (Å²) in [6, 6.07) is 13.9. The van der Waals surface area contributed by atoms with Crippen molar-refractivity contribution in [3.8, 4) is 0 Å². The molecule has 0 aromatic heterocycles. The zero-order valence-electron chi connectivity index (χ0n) is 14.0. The summed E-state index contributed by atoms with van der Waals surface area (Å²) in [5.41, 5.74) is 2.04. The fraction of sp³-hybridized carbons (Fsp3) is 0.167. The highest BCUT2D eigenvalue weighted by molar-refractivity contribution is 14.0. The normalized spacial score (nSPS) is 10.6. The van der Waals surface area contributed by atoms with Gasteiger partial charge in [0.1, 0.15) is 0 Å². The SMILES string of the molecule is C=CCNC(=NCc1ccc(Cl)cc1)NCc1ccc([N+](=O)[O-])cc1.I. The molecule has 0 amide bonds. The van der Waals surface area contributed by atoms with Gasteiger partial charge in [-0.2, -0.15) is 0 Å². The number of guanidine groups is 1. The standard InChI is InChI=1S/C18H19ClN4O2.HI/c1-2-11-20-18(21-12-14-3-7-16(19)8-4-14)22-13-15-5-9-17(10-6-15)23(24)25;/h2-10H,1,11-13H2,(H2,20,21,22);1H. The van der Waals surface area contributed by atoms with Crippen LogP contribution in [-0.4, -0.2) is 17.4 Å². The average Bonchev–Trinajstić information content (AvgIpc) is 2.62. The molecule has 0 spiro atoms. The van der Waals surface area contributed by atoms with E-state index in [1.165, 1.54) is 12.1 Å². The second-order valence-corrected chi connectivity index (χ2v) is 5.67. The van der Waals surface area contributed by atoms with E-state index < -0.39 is 4.92 Å². The van der Waals surface area contributed by atoms with Crippen molar-refractivity contribution >= 4 is 47.2 Å². The van der Waals surface area contributed by atoms with Crippen LogP contribution < -0.4 is 10.6 Å². The minimum absolute atomic E-state index is 0. The molecule has 2 N–H and O–H groups in total. The molecular weight excluding hydrogens is 467 g/mol. The van der Waals surface area contributed by atoms with Gasteiger partial charge in [0, 0.05) is 30.2 Å². The summed E-state index contributed by atoms with van der Waals surface area (Å²) < 4.78 is 0. The maximum Gasteiger partial charge on any atom is 0.269 e. The highest BCUT2D eigenvalue weighted by Crippen LogP contribution is 2.12. The molecule has 0 unspecified atom stereocenters. The molecule has 0 bridgehead atoms. The Morgan fingerprint density at radius 1 is 1.12 bits per heavy atom. The number of hydrogen-bond donors (Lipinski definition) is 2. The van der Waals surface area contributed by atoms with E-state index in [0.29, 0.717) is 30.6 Å². The summed E-state index contributed by atoms with van der Waals surface area (Å²) in [6.07, 6.45) is 1.74. The highest BCUT2D eigenvalue weighted by Gasteiger charge is 2.04. The topological polar surface area (TPSA) is 79.6 Å². The molecule has 0 aliphatic rings. The summed E-state index contributed by atoms with van der Waals surface area (Å²) >= 11 is 5.88. The number of nitro benzene ring substituents is 1. The van der Waals surface area contributed by atoms with Gasteiger partial charge in [-0.15, -0.1) is 30.6 Å². The van der Waals surface area contributed by atoms with Crippen molar-refractivity contribution in [3.63, 3.8) is 0 Å². The van der Waals surface area contributed by atoms with E-state index in [0.717, 1.165) is 11.1 Å². The van der Waals surface area contributed by atoms with Gasteiger partial charge in [-0.05, 0) is 23.3 Å². The van der Waals surface area contributed by atoms with Crippen molar-refractivity contribution in [2.75, 3.05) is 6.54 Å². The van der Waals surface area contributed by atoms with Crippen LogP contribution in [0, 0.1) is 10.1 Å². The molecule has 0 atom stereocenters. The number of hydrogen-bond acceptors (Lipinski definition) is 3. The van der Waals surface area contributed by atoms with E-state index in [-0.39, 0.29) is 29.7 Å². The smallest absolute Gasteiger partial charge is 0.269 e. The van der Waals surface area contributed by atoms with Crippen LogP contribution in [0.5, 0.6) is 0 Å². The summed E-state index contributed by atoms with van der Waals surface area (Å²) in [5.74, 6) is 0.633. The van der Waals surface area contributed by atoms with Gasteiger partial charge >= 0.3 is 0 Å². The number of nitrogens with zero attached hydrogens (tertiary/aromatic N) is 2. The summed E-state index contributed by atoms with van der Waals surface area (Å²) in [7, 11) is 0. The molecule has 2 rings (SSSR count). The molecule has 138 valence electrons. The predicted molar refractivity (Wildman–Crippen MR) is 116 cm³/mol. The van der Waals surface area contributed by atoms with Crippen LogP contribution in [0.4, 0.5) is 5.69 Å². The first-order chi connectivity index (χ1) is 12.1. The Hall–Kier alpha value is -2.13. The second-order valence-electron chi connectivity index (χ2n) is 5.24. The number of nitrogens with one attached hydrogen (secondary N) is 2. The molecule has 2 aromatic carbocycles. The number of nitro groups is 1. The highest BCUT2D eigenvalue weighted by atomic mass is 127. The fourth-order valence-corrected chi connectivity index (χ4v) is 2.15.